The smallest absolute Gasteiger partial charge is 0.186 e. The minimum absolute atomic E-state index is 0.390. The van der Waals surface area contributed by atoms with Crippen LogP contribution in [-0.4, -0.2) is 104 Å². The lowest BCUT2D eigenvalue weighted by Gasteiger charge is -2.41. The molecule has 0 bridgehead atoms. The van der Waals surface area contributed by atoms with Crippen LogP contribution in [0.4, 0.5) is 0 Å². The number of ether oxygens (including phenoxy) is 3. The predicted molar refractivity (Wildman–Crippen MR) is 67.2 cm³/mol. The topological polar surface area (TPSA) is 169 Å². The molecular weight excluding hydrogens is 304 g/mol. The van der Waals surface area contributed by atoms with E-state index in [2.05, 4.69) is 0 Å². The van der Waals surface area contributed by atoms with Gasteiger partial charge in [-0.05, 0) is 6.92 Å². The van der Waals surface area contributed by atoms with Crippen LogP contribution in [0.5, 0.6) is 0 Å². The Balaban J connectivity index is 1.92. The van der Waals surface area contributed by atoms with Gasteiger partial charge in [-0.2, -0.15) is 0 Å². The second-order valence-electron chi connectivity index (χ2n) is 5.55. The Bertz CT molecular complexity index is 334. The molecule has 1 unspecified atom stereocenters. The number of aliphatic hydroxyl groups is 7. The Labute approximate surface area is 126 Å². The van der Waals surface area contributed by atoms with E-state index in [0.717, 1.165) is 0 Å². The van der Waals surface area contributed by atoms with Gasteiger partial charge < -0.3 is 50.0 Å². The number of hydrogen-bond donors (Lipinski definition) is 7. The van der Waals surface area contributed by atoms with Gasteiger partial charge in [0.25, 0.3) is 0 Å². The predicted octanol–water partition coefficient (Wildman–Crippen LogP) is -4.37. The minimum Gasteiger partial charge on any atom is -0.388 e. The highest BCUT2D eigenvalue weighted by Gasteiger charge is 2.45. The van der Waals surface area contributed by atoms with E-state index in [1.165, 1.54) is 6.92 Å². The average Bonchev–Trinajstić information content (AvgIpc) is 2.49. The van der Waals surface area contributed by atoms with Gasteiger partial charge in [0.05, 0.1) is 12.7 Å². The molecule has 0 amide bonds. The summed E-state index contributed by atoms with van der Waals surface area (Å²) in [6.07, 6.45) is -14.0. The number of rotatable bonds is 3. The van der Waals surface area contributed by atoms with E-state index in [1.54, 1.807) is 0 Å². The Hall–Kier alpha value is -0.400. The van der Waals surface area contributed by atoms with Crippen molar-refractivity contribution >= 4 is 0 Å². The standard InChI is InChI=1S/C12H22O10/c1-3-5(13)7(15)10(18)12(21-3)20-2-4-6(14)8(16)9(17)11(19)22-4/h3-19H,2H2,1H3/t3-,4+,5+,6-,7+,8-,9+,10-,11-,12?/m0/s1. The minimum atomic E-state index is -1.70. The maximum absolute atomic E-state index is 9.76. The van der Waals surface area contributed by atoms with E-state index < -0.39 is 61.4 Å². The van der Waals surface area contributed by atoms with E-state index >= 15 is 0 Å². The number of aliphatic hydroxyl groups excluding tert-OH is 7. The van der Waals surface area contributed by atoms with E-state index in [4.69, 9.17) is 14.2 Å². The zero-order chi connectivity index (χ0) is 16.6. The molecule has 0 radical (unpaired) electrons. The summed E-state index contributed by atoms with van der Waals surface area (Å²) in [6.45, 7) is 1.09. The molecule has 0 saturated carbocycles. The van der Waals surface area contributed by atoms with Crippen molar-refractivity contribution in [1.29, 1.82) is 0 Å². The second kappa shape index (κ2) is 7.01. The van der Waals surface area contributed by atoms with Crippen LogP contribution in [0.15, 0.2) is 0 Å². The summed E-state index contributed by atoms with van der Waals surface area (Å²) in [4.78, 5) is 0. The molecule has 10 heteroatoms. The summed E-state index contributed by atoms with van der Waals surface area (Å²) in [5, 5.41) is 67.0. The first-order chi connectivity index (χ1) is 10.2. The van der Waals surface area contributed by atoms with Crippen LogP contribution in [0.2, 0.25) is 0 Å². The van der Waals surface area contributed by atoms with Gasteiger partial charge in [-0.3, -0.25) is 0 Å². The molecule has 0 aromatic rings. The first kappa shape index (κ1) is 17.9. The van der Waals surface area contributed by atoms with Crippen LogP contribution in [0.3, 0.4) is 0 Å². The first-order valence-electron chi connectivity index (χ1n) is 6.93. The average molecular weight is 326 g/mol. The van der Waals surface area contributed by atoms with Crippen molar-refractivity contribution in [3.05, 3.63) is 0 Å². The van der Waals surface area contributed by atoms with Gasteiger partial charge in [-0.25, -0.2) is 0 Å². The lowest BCUT2D eigenvalue weighted by molar-refractivity contribution is -0.322. The Morgan fingerprint density at radius 1 is 0.727 bits per heavy atom. The fourth-order valence-corrected chi connectivity index (χ4v) is 2.41. The van der Waals surface area contributed by atoms with Crippen LogP contribution in [0.25, 0.3) is 0 Å². The summed E-state index contributed by atoms with van der Waals surface area (Å²) < 4.78 is 15.3. The van der Waals surface area contributed by atoms with Crippen LogP contribution < -0.4 is 0 Å². The van der Waals surface area contributed by atoms with Gasteiger partial charge in [-0.15, -0.1) is 0 Å². The van der Waals surface area contributed by atoms with Crippen molar-refractivity contribution in [2.24, 2.45) is 0 Å². The van der Waals surface area contributed by atoms with Crippen LogP contribution in [-0.2, 0) is 14.2 Å². The molecule has 7 N–H and O–H groups in total. The van der Waals surface area contributed by atoms with Crippen molar-refractivity contribution in [1.82, 2.24) is 0 Å². The zero-order valence-corrected chi connectivity index (χ0v) is 11.8. The Kier molecular flexibility index (Phi) is 5.72. The lowest BCUT2D eigenvalue weighted by Crippen LogP contribution is -2.60. The monoisotopic (exact) mass is 326 g/mol. The summed E-state index contributed by atoms with van der Waals surface area (Å²) in [7, 11) is 0. The van der Waals surface area contributed by atoms with Crippen LogP contribution >= 0.6 is 0 Å². The molecule has 22 heavy (non-hydrogen) atoms. The maximum atomic E-state index is 9.76. The summed E-state index contributed by atoms with van der Waals surface area (Å²) >= 11 is 0. The van der Waals surface area contributed by atoms with Gasteiger partial charge in [0.15, 0.2) is 12.6 Å². The lowest BCUT2D eigenvalue weighted by atomic mass is 9.99. The molecule has 2 aliphatic rings. The van der Waals surface area contributed by atoms with Crippen molar-refractivity contribution in [2.45, 2.75) is 68.3 Å². The Morgan fingerprint density at radius 3 is 1.95 bits per heavy atom. The highest BCUT2D eigenvalue weighted by Crippen LogP contribution is 2.24. The molecule has 2 fully saturated rings. The first-order valence-corrected chi connectivity index (χ1v) is 6.93. The van der Waals surface area contributed by atoms with Crippen molar-refractivity contribution in [2.75, 3.05) is 6.61 Å². The van der Waals surface area contributed by atoms with Gasteiger partial charge in [0.2, 0.25) is 0 Å². The molecule has 0 aromatic carbocycles. The third-order valence-corrected chi connectivity index (χ3v) is 3.92. The summed E-state index contributed by atoms with van der Waals surface area (Å²) in [5.74, 6) is 0. The molecule has 2 aliphatic heterocycles. The quantitative estimate of drug-likeness (QED) is 0.269. The zero-order valence-electron chi connectivity index (χ0n) is 11.8. The number of hydrogen-bond acceptors (Lipinski definition) is 10. The molecule has 2 saturated heterocycles. The van der Waals surface area contributed by atoms with E-state index in [-0.39, 0.29) is 6.61 Å². The van der Waals surface area contributed by atoms with Gasteiger partial charge >= 0.3 is 0 Å². The molecular formula is C12H22O10. The molecule has 130 valence electrons. The van der Waals surface area contributed by atoms with E-state index in [9.17, 15) is 35.7 Å². The van der Waals surface area contributed by atoms with Gasteiger partial charge in [-0.1, -0.05) is 0 Å². The summed E-state index contributed by atoms with van der Waals surface area (Å²) in [6, 6.07) is 0. The van der Waals surface area contributed by atoms with Gasteiger partial charge in [0, 0.05) is 0 Å². The SMILES string of the molecule is C[C@@H]1OC(OC[C@H]2O[C@H](O)[C@H](O)[C@@H](O)[C@H]2O)[C@@H](O)[C@H](O)[C@@H]1O. The second-order valence-corrected chi connectivity index (χ2v) is 5.55. The fraction of sp³-hybridized carbons (Fsp3) is 1.00. The molecule has 2 heterocycles. The fourth-order valence-electron chi connectivity index (χ4n) is 2.41. The van der Waals surface area contributed by atoms with Crippen LogP contribution in [0, 0.1) is 0 Å². The van der Waals surface area contributed by atoms with E-state index in [0.29, 0.717) is 0 Å². The molecule has 10 nitrogen and oxygen atoms in total. The van der Waals surface area contributed by atoms with Gasteiger partial charge in [0.1, 0.15) is 42.7 Å². The molecule has 0 spiro atoms. The maximum Gasteiger partial charge on any atom is 0.186 e. The van der Waals surface area contributed by atoms with Crippen molar-refractivity contribution in [3.8, 4) is 0 Å². The summed E-state index contributed by atoms with van der Waals surface area (Å²) in [5.41, 5.74) is 0. The van der Waals surface area contributed by atoms with Crippen molar-refractivity contribution < 1.29 is 50.0 Å². The highest BCUT2D eigenvalue weighted by molar-refractivity contribution is 4.90. The molecule has 0 aromatic heterocycles. The van der Waals surface area contributed by atoms with E-state index in [1.807, 2.05) is 0 Å². The van der Waals surface area contributed by atoms with Crippen molar-refractivity contribution in [3.63, 3.8) is 0 Å². The third-order valence-electron chi connectivity index (χ3n) is 3.92. The molecule has 0 aliphatic carbocycles. The van der Waals surface area contributed by atoms with Crippen LogP contribution in [0.1, 0.15) is 6.92 Å². The Morgan fingerprint density at radius 2 is 1.32 bits per heavy atom. The highest BCUT2D eigenvalue weighted by atomic mass is 16.7. The molecule has 2 rings (SSSR count). The molecule has 10 atom stereocenters. The largest absolute Gasteiger partial charge is 0.388 e. The normalized spacial score (nSPS) is 53.5. The third kappa shape index (κ3) is 3.41.